The van der Waals surface area contributed by atoms with Gasteiger partial charge >= 0.3 is 0 Å². The average molecular weight is 273 g/mol. The fraction of sp³-hybridized carbons (Fsp3) is 0.0667. The second-order valence-electron chi connectivity index (χ2n) is 4.36. The minimum Gasteiger partial charge on any atom is -0.489 e. The molecule has 0 saturated carbocycles. The number of nitrogens with two attached hydrogens (primary N) is 1. The maximum Gasteiger partial charge on any atom is 0.121 e. The molecule has 1 heterocycles. The van der Waals surface area contributed by atoms with E-state index < -0.39 is 0 Å². The molecule has 0 spiro atoms. The van der Waals surface area contributed by atoms with Crippen LogP contribution in [0.15, 0.2) is 48.7 Å². The normalized spacial score (nSPS) is 10.8. The van der Waals surface area contributed by atoms with Crippen LogP contribution in [0.3, 0.4) is 0 Å². The van der Waals surface area contributed by atoms with Gasteiger partial charge in [-0.3, -0.25) is 0 Å². The zero-order valence-corrected chi connectivity index (χ0v) is 10.9. The topological polar surface area (TPSA) is 51.0 Å². The van der Waals surface area contributed by atoms with E-state index in [1.165, 1.54) is 0 Å². The Bertz CT molecular complexity index is 721. The number of aromatic nitrogens is 1. The maximum absolute atomic E-state index is 5.92. The van der Waals surface area contributed by atoms with Crippen molar-refractivity contribution in [3.63, 3.8) is 0 Å². The fourth-order valence-corrected chi connectivity index (χ4v) is 2.22. The molecule has 1 aromatic heterocycles. The minimum atomic E-state index is 0.490. The SMILES string of the molecule is Nc1ccc2c(COc3cccc(Cl)c3)c[nH]c2c1. The molecule has 0 aliphatic rings. The third-order valence-corrected chi connectivity index (χ3v) is 3.22. The summed E-state index contributed by atoms with van der Waals surface area (Å²) < 4.78 is 5.73. The highest BCUT2D eigenvalue weighted by Crippen LogP contribution is 2.23. The summed E-state index contributed by atoms with van der Waals surface area (Å²) in [6.07, 6.45) is 1.94. The molecule has 0 bridgehead atoms. The van der Waals surface area contributed by atoms with Gasteiger partial charge < -0.3 is 15.5 Å². The predicted molar refractivity (Wildman–Crippen MR) is 78.5 cm³/mol. The van der Waals surface area contributed by atoms with Crippen molar-refractivity contribution in [3.05, 3.63) is 59.2 Å². The molecular weight excluding hydrogens is 260 g/mol. The van der Waals surface area contributed by atoms with Crippen molar-refractivity contribution in [2.75, 3.05) is 5.73 Å². The van der Waals surface area contributed by atoms with Crippen LogP contribution in [0.1, 0.15) is 5.56 Å². The molecule has 2 aromatic carbocycles. The van der Waals surface area contributed by atoms with Crippen molar-refractivity contribution in [3.8, 4) is 5.75 Å². The highest BCUT2D eigenvalue weighted by Gasteiger charge is 2.05. The van der Waals surface area contributed by atoms with Gasteiger partial charge in [0, 0.05) is 33.4 Å². The molecule has 4 heteroatoms. The summed E-state index contributed by atoms with van der Waals surface area (Å²) in [5, 5.41) is 1.79. The van der Waals surface area contributed by atoms with E-state index >= 15 is 0 Å². The summed E-state index contributed by atoms with van der Waals surface area (Å²) >= 11 is 5.92. The summed E-state index contributed by atoms with van der Waals surface area (Å²) in [6, 6.07) is 13.2. The number of halogens is 1. The molecule has 96 valence electrons. The Balaban J connectivity index is 1.82. The number of ether oxygens (including phenoxy) is 1. The molecular formula is C15H13ClN2O. The molecule has 3 rings (SSSR count). The molecule has 3 aromatic rings. The quantitative estimate of drug-likeness (QED) is 0.709. The molecule has 3 N–H and O–H groups in total. The summed E-state index contributed by atoms with van der Waals surface area (Å²) in [5.41, 5.74) is 8.61. The highest BCUT2D eigenvalue weighted by atomic mass is 35.5. The summed E-state index contributed by atoms with van der Waals surface area (Å²) in [4.78, 5) is 3.19. The molecule has 0 radical (unpaired) electrons. The van der Waals surface area contributed by atoms with Gasteiger partial charge in [0.1, 0.15) is 12.4 Å². The van der Waals surface area contributed by atoms with Crippen LogP contribution >= 0.6 is 11.6 Å². The number of nitrogen functional groups attached to an aromatic ring is 1. The van der Waals surface area contributed by atoms with E-state index in [4.69, 9.17) is 22.1 Å². The number of nitrogens with one attached hydrogen (secondary N) is 1. The van der Waals surface area contributed by atoms with Gasteiger partial charge in [0.2, 0.25) is 0 Å². The molecule has 0 unspecified atom stereocenters. The van der Waals surface area contributed by atoms with E-state index in [0.29, 0.717) is 11.6 Å². The molecule has 0 aliphatic heterocycles. The van der Waals surface area contributed by atoms with Crippen LogP contribution in [-0.2, 0) is 6.61 Å². The number of benzene rings is 2. The van der Waals surface area contributed by atoms with Crippen molar-refractivity contribution in [2.24, 2.45) is 0 Å². The lowest BCUT2D eigenvalue weighted by atomic mass is 10.2. The number of rotatable bonds is 3. The second-order valence-corrected chi connectivity index (χ2v) is 4.80. The minimum absolute atomic E-state index is 0.490. The van der Waals surface area contributed by atoms with E-state index in [1.54, 1.807) is 6.07 Å². The number of hydrogen-bond donors (Lipinski definition) is 2. The zero-order chi connectivity index (χ0) is 13.2. The first-order chi connectivity index (χ1) is 9.22. The third kappa shape index (κ3) is 2.51. The Kier molecular flexibility index (Phi) is 3.05. The van der Waals surface area contributed by atoms with E-state index in [2.05, 4.69) is 4.98 Å². The molecule has 3 nitrogen and oxygen atoms in total. The number of H-pyrrole nitrogens is 1. The Morgan fingerprint density at radius 2 is 2.05 bits per heavy atom. The van der Waals surface area contributed by atoms with Crippen LogP contribution < -0.4 is 10.5 Å². The molecule has 0 atom stereocenters. The molecule has 0 saturated heterocycles. The van der Waals surface area contributed by atoms with Crippen LogP contribution in [0, 0.1) is 0 Å². The summed E-state index contributed by atoms with van der Waals surface area (Å²) in [5.74, 6) is 0.761. The van der Waals surface area contributed by atoms with Gasteiger partial charge in [0.25, 0.3) is 0 Å². The maximum atomic E-state index is 5.92. The first-order valence-corrected chi connectivity index (χ1v) is 6.34. The molecule has 0 aliphatic carbocycles. The summed E-state index contributed by atoms with van der Waals surface area (Å²) in [7, 11) is 0. The second kappa shape index (κ2) is 4.86. The van der Waals surface area contributed by atoms with E-state index in [9.17, 15) is 0 Å². The molecule has 19 heavy (non-hydrogen) atoms. The summed E-state index contributed by atoms with van der Waals surface area (Å²) in [6.45, 7) is 0.490. The van der Waals surface area contributed by atoms with Crippen LogP contribution in [0.5, 0.6) is 5.75 Å². The van der Waals surface area contributed by atoms with Crippen LogP contribution in [0.25, 0.3) is 10.9 Å². The highest BCUT2D eigenvalue weighted by molar-refractivity contribution is 6.30. The van der Waals surface area contributed by atoms with Crippen LogP contribution in [-0.4, -0.2) is 4.98 Å². The fourth-order valence-electron chi connectivity index (χ4n) is 2.04. The van der Waals surface area contributed by atoms with Gasteiger partial charge in [-0.25, -0.2) is 0 Å². The van der Waals surface area contributed by atoms with Gasteiger partial charge in [-0.15, -0.1) is 0 Å². The van der Waals surface area contributed by atoms with Crippen molar-refractivity contribution in [1.82, 2.24) is 4.98 Å². The number of hydrogen-bond acceptors (Lipinski definition) is 2. The van der Waals surface area contributed by atoms with E-state index in [1.807, 2.05) is 42.6 Å². The van der Waals surface area contributed by atoms with Gasteiger partial charge in [0.05, 0.1) is 0 Å². The van der Waals surface area contributed by atoms with E-state index in [0.717, 1.165) is 27.9 Å². The van der Waals surface area contributed by atoms with Crippen LogP contribution in [0.2, 0.25) is 5.02 Å². The molecule has 0 amide bonds. The van der Waals surface area contributed by atoms with Gasteiger partial charge in [-0.1, -0.05) is 23.7 Å². The number of fused-ring (bicyclic) bond motifs is 1. The number of aromatic amines is 1. The van der Waals surface area contributed by atoms with Gasteiger partial charge in [-0.05, 0) is 30.3 Å². The van der Waals surface area contributed by atoms with Gasteiger partial charge in [0.15, 0.2) is 0 Å². The Morgan fingerprint density at radius 3 is 2.89 bits per heavy atom. The zero-order valence-electron chi connectivity index (χ0n) is 10.2. The lowest BCUT2D eigenvalue weighted by Gasteiger charge is -2.05. The van der Waals surface area contributed by atoms with Crippen molar-refractivity contribution in [1.29, 1.82) is 0 Å². The lowest BCUT2D eigenvalue weighted by Crippen LogP contribution is -1.94. The Hall–Kier alpha value is -2.13. The standard InChI is InChI=1S/C15H13ClN2O/c16-11-2-1-3-13(6-11)19-9-10-8-18-15-7-12(17)4-5-14(10)15/h1-8,18H,9,17H2. The van der Waals surface area contributed by atoms with Crippen molar-refractivity contribution < 1.29 is 4.74 Å². The third-order valence-electron chi connectivity index (χ3n) is 2.98. The lowest BCUT2D eigenvalue weighted by molar-refractivity contribution is 0.307. The van der Waals surface area contributed by atoms with Gasteiger partial charge in [-0.2, -0.15) is 0 Å². The van der Waals surface area contributed by atoms with Crippen molar-refractivity contribution in [2.45, 2.75) is 6.61 Å². The van der Waals surface area contributed by atoms with Crippen LogP contribution in [0.4, 0.5) is 5.69 Å². The molecule has 0 fully saturated rings. The first kappa shape index (κ1) is 11.9. The Morgan fingerprint density at radius 1 is 1.16 bits per heavy atom. The Labute approximate surface area is 116 Å². The van der Waals surface area contributed by atoms with Crippen molar-refractivity contribution >= 4 is 28.2 Å². The number of anilines is 1. The monoisotopic (exact) mass is 272 g/mol. The smallest absolute Gasteiger partial charge is 0.121 e. The van der Waals surface area contributed by atoms with E-state index in [-0.39, 0.29) is 0 Å². The average Bonchev–Trinajstić information content (AvgIpc) is 2.78. The predicted octanol–water partition coefficient (Wildman–Crippen LogP) is 3.98. The first-order valence-electron chi connectivity index (χ1n) is 5.96. The largest absolute Gasteiger partial charge is 0.489 e.